The third-order valence-electron chi connectivity index (χ3n) is 8.94. The number of carbonyl (C=O) groups is 2. The average Bonchev–Trinajstić information content (AvgIpc) is 3.10. The van der Waals surface area contributed by atoms with Gasteiger partial charge in [0.05, 0.1) is 0 Å². The molecule has 0 aliphatic heterocycles. The first kappa shape index (κ1) is 47.4. The number of carboxylic acids is 1. The van der Waals surface area contributed by atoms with Crippen LogP contribution < -0.4 is 0 Å². The smallest absolute Gasteiger partial charge is 0.306 e. The van der Waals surface area contributed by atoms with Crippen LogP contribution in [-0.2, 0) is 14.3 Å². The molecule has 0 aromatic rings. The van der Waals surface area contributed by atoms with Crippen LogP contribution in [-0.4, -0.2) is 23.1 Å². The van der Waals surface area contributed by atoms with E-state index in [4.69, 9.17) is 9.84 Å². The number of hydrogen-bond acceptors (Lipinski definition) is 3. The lowest BCUT2D eigenvalue weighted by Gasteiger charge is -2.18. The molecule has 0 fully saturated rings. The number of allylic oxidation sites excluding steroid dienone is 12. The molecule has 50 heavy (non-hydrogen) atoms. The maximum Gasteiger partial charge on any atom is 0.306 e. The number of carboxylic acid groups (broad SMARTS) is 1. The van der Waals surface area contributed by atoms with Crippen LogP contribution in [0.4, 0.5) is 0 Å². The summed E-state index contributed by atoms with van der Waals surface area (Å²) in [7, 11) is 0. The van der Waals surface area contributed by atoms with Crippen LogP contribution >= 0.6 is 0 Å². The van der Waals surface area contributed by atoms with Gasteiger partial charge >= 0.3 is 11.9 Å². The van der Waals surface area contributed by atoms with Gasteiger partial charge in [0.2, 0.25) is 0 Å². The molecule has 286 valence electrons. The molecule has 0 aliphatic rings. The Kier molecular flexibility index (Phi) is 38.7. The monoisotopic (exact) mass is 695 g/mol. The minimum absolute atomic E-state index is 0.00530. The van der Waals surface area contributed by atoms with Crippen molar-refractivity contribution in [3.63, 3.8) is 0 Å². The molecule has 1 unspecified atom stereocenters. The number of rotatable bonds is 37. The van der Waals surface area contributed by atoms with Gasteiger partial charge in [0.1, 0.15) is 6.10 Å². The Balaban J connectivity index is 3.98. The van der Waals surface area contributed by atoms with Gasteiger partial charge in [-0.3, -0.25) is 9.59 Å². The van der Waals surface area contributed by atoms with E-state index in [2.05, 4.69) is 86.8 Å². The predicted octanol–water partition coefficient (Wildman–Crippen LogP) is 14.7. The summed E-state index contributed by atoms with van der Waals surface area (Å²) in [4.78, 5) is 23.2. The van der Waals surface area contributed by atoms with E-state index in [-0.39, 0.29) is 12.1 Å². The van der Waals surface area contributed by atoms with E-state index in [1.165, 1.54) is 70.6 Å². The van der Waals surface area contributed by atoms with E-state index >= 15 is 0 Å². The molecule has 0 radical (unpaired) electrons. The van der Waals surface area contributed by atoms with Crippen LogP contribution in [0, 0.1) is 0 Å². The third-order valence-corrected chi connectivity index (χ3v) is 8.94. The Hall–Kier alpha value is -2.62. The molecule has 0 saturated carbocycles. The highest BCUT2D eigenvalue weighted by Gasteiger charge is 2.14. The van der Waals surface area contributed by atoms with Gasteiger partial charge in [0.15, 0.2) is 0 Å². The molecule has 0 aromatic heterocycles. The van der Waals surface area contributed by atoms with Gasteiger partial charge in [-0.05, 0) is 89.9 Å². The van der Waals surface area contributed by atoms with E-state index in [1.54, 1.807) is 0 Å². The zero-order valence-corrected chi connectivity index (χ0v) is 32.7. The van der Waals surface area contributed by atoms with Gasteiger partial charge in [-0.1, -0.05) is 170 Å². The Morgan fingerprint density at radius 1 is 0.460 bits per heavy atom. The van der Waals surface area contributed by atoms with E-state index in [0.29, 0.717) is 12.8 Å². The molecule has 1 N–H and O–H groups in total. The summed E-state index contributed by atoms with van der Waals surface area (Å²) < 4.78 is 6.00. The zero-order chi connectivity index (χ0) is 36.4. The highest BCUT2D eigenvalue weighted by atomic mass is 16.5. The molecule has 4 nitrogen and oxygen atoms in total. The molecule has 4 heteroatoms. The maximum absolute atomic E-state index is 12.6. The number of esters is 1. The van der Waals surface area contributed by atoms with Crippen molar-refractivity contribution in [3.05, 3.63) is 72.9 Å². The summed E-state index contributed by atoms with van der Waals surface area (Å²) in [6.07, 6.45) is 58.0. The number of hydrogen-bond donors (Lipinski definition) is 1. The fourth-order valence-electron chi connectivity index (χ4n) is 5.89. The van der Waals surface area contributed by atoms with Crippen molar-refractivity contribution < 1.29 is 19.4 Å². The highest BCUT2D eigenvalue weighted by Crippen LogP contribution is 2.18. The second-order valence-corrected chi connectivity index (χ2v) is 13.8. The summed E-state index contributed by atoms with van der Waals surface area (Å²) in [6.45, 7) is 4.41. The standard InChI is InChI=1S/C46H78O4/c1-3-5-7-9-10-11-12-13-14-15-16-17-18-19-20-21-25-28-31-35-39-43-46(49)50-44(40-36-32-8-6-4-2)41-37-33-29-26-23-22-24-27-30-34-38-42-45(47)48/h5,7,10-11,13-14,16-17,19-20,25,28,44H,3-4,6,8-9,12,15,18,21-24,26-27,29-43H2,1-2H3,(H,47,48)/b7-5-,11-10-,14-13-,17-16-,20-19-,28-25-. The van der Waals surface area contributed by atoms with Gasteiger partial charge < -0.3 is 9.84 Å². The Morgan fingerprint density at radius 2 is 0.840 bits per heavy atom. The highest BCUT2D eigenvalue weighted by molar-refractivity contribution is 5.69. The first-order valence-corrected chi connectivity index (χ1v) is 20.9. The lowest BCUT2D eigenvalue weighted by Crippen LogP contribution is -2.18. The summed E-state index contributed by atoms with van der Waals surface area (Å²) in [5, 5.41) is 8.70. The Morgan fingerprint density at radius 3 is 1.28 bits per heavy atom. The quantitative estimate of drug-likeness (QED) is 0.0399. The molecule has 0 bridgehead atoms. The molecule has 1 atom stereocenters. The van der Waals surface area contributed by atoms with Crippen molar-refractivity contribution in [1.82, 2.24) is 0 Å². The summed E-state index contributed by atoms with van der Waals surface area (Å²) in [6, 6.07) is 0. The molecule has 0 amide bonds. The van der Waals surface area contributed by atoms with Crippen molar-refractivity contribution in [2.45, 2.75) is 206 Å². The molecule has 0 saturated heterocycles. The van der Waals surface area contributed by atoms with Crippen LogP contribution in [0.15, 0.2) is 72.9 Å². The van der Waals surface area contributed by atoms with Crippen LogP contribution in [0.1, 0.15) is 200 Å². The van der Waals surface area contributed by atoms with E-state index < -0.39 is 5.97 Å². The van der Waals surface area contributed by atoms with Gasteiger partial charge in [-0.25, -0.2) is 0 Å². The third kappa shape index (κ3) is 39.8. The number of unbranched alkanes of at least 4 members (excludes halogenated alkanes) is 16. The predicted molar refractivity (Wildman–Crippen MR) is 218 cm³/mol. The minimum Gasteiger partial charge on any atom is -0.481 e. The number of ether oxygens (including phenoxy) is 1. The summed E-state index contributed by atoms with van der Waals surface area (Å²) in [5.41, 5.74) is 0. The van der Waals surface area contributed by atoms with E-state index in [9.17, 15) is 9.59 Å². The second kappa shape index (κ2) is 40.8. The molecule has 0 aromatic carbocycles. The first-order chi connectivity index (χ1) is 24.6. The van der Waals surface area contributed by atoms with Crippen molar-refractivity contribution in [1.29, 1.82) is 0 Å². The van der Waals surface area contributed by atoms with Crippen molar-refractivity contribution in [2.75, 3.05) is 0 Å². The molecular formula is C46H78O4. The van der Waals surface area contributed by atoms with Gasteiger partial charge in [0, 0.05) is 12.8 Å². The van der Waals surface area contributed by atoms with Crippen LogP contribution in [0.2, 0.25) is 0 Å². The van der Waals surface area contributed by atoms with E-state index in [0.717, 1.165) is 103 Å². The molecule has 0 heterocycles. The van der Waals surface area contributed by atoms with Gasteiger partial charge in [0.25, 0.3) is 0 Å². The average molecular weight is 695 g/mol. The van der Waals surface area contributed by atoms with E-state index in [1.807, 2.05) is 0 Å². The number of carbonyl (C=O) groups excluding carboxylic acids is 1. The Labute approximate surface area is 309 Å². The zero-order valence-electron chi connectivity index (χ0n) is 32.7. The maximum atomic E-state index is 12.6. The largest absolute Gasteiger partial charge is 0.481 e. The van der Waals surface area contributed by atoms with Crippen molar-refractivity contribution >= 4 is 11.9 Å². The lowest BCUT2D eigenvalue weighted by molar-refractivity contribution is -0.150. The Bertz CT molecular complexity index is 922. The van der Waals surface area contributed by atoms with Crippen LogP contribution in [0.3, 0.4) is 0 Å². The van der Waals surface area contributed by atoms with Crippen LogP contribution in [0.5, 0.6) is 0 Å². The topological polar surface area (TPSA) is 63.6 Å². The second-order valence-electron chi connectivity index (χ2n) is 13.8. The first-order valence-electron chi connectivity index (χ1n) is 20.9. The lowest BCUT2D eigenvalue weighted by atomic mass is 10.0. The number of aliphatic carboxylic acids is 1. The summed E-state index contributed by atoms with van der Waals surface area (Å²) in [5.74, 6) is -0.681. The fraction of sp³-hybridized carbons (Fsp3) is 0.696. The summed E-state index contributed by atoms with van der Waals surface area (Å²) >= 11 is 0. The SMILES string of the molecule is CC/C=C\C/C=C\C/C=C\C/C=C\C/C=C\C/C=C\CCCCC(=O)OC(CCCCCCC)CCCCCCCCCCCCCC(=O)O. The molecule has 0 spiro atoms. The van der Waals surface area contributed by atoms with Gasteiger partial charge in [-0.15, -0.1) is 0 Å². The fourth-order valence-corrected chi connectivity index (χ4v) is 5.89. The minimum atomic E-state index is -0.676. The molecule has 0 aliphatic carbocycles. The molecule has 0 rings (SSSR count). The van der Waals surface area contributed by atoms with Crippen molar-refractivity contribution in [2.24, 2.45) is 0 Å². The molecular weight excluding hydrogens is 617 g/mol. The van der Waals surface area contributed by atoms with Gasteiger partial charge in [-0.2, -0.15) is 0 Å². The van der Waals surface area contributed by atoms with Crippen LogP contribution in [0.25, 0.3) is 0 Å². The van der Waals surface area contributed by atoms with Crippen molar-refractivity contribution in [3.8, 4) is 0 Å². The normalized spacial score (nSPS) is 13.0.